The number of nitrogens with one attached hydrogen (secondary N) is 1. The zero-order valence-corrected chi connectivity index (χ0v) is 13.1. The molecule has 0 radical (unpaired) electrons. The number of benzene rings is 1. The molecule has 0 aliphatic carbocycles. The first-order valence-electron chi connectivity index (χ1n) is 7.99. The van der Waals surface area contributed by atoms with Crippen molar-refractivity contribution >= 4 is 16.9 Å². The summed E-state index contributed by atoms with van der Waals surface area (Å²) in [6.45, 7) is 4.67. The number of aromatic amines is 1. The summed E-state index contributed by atoms with van der Waals surface area (Å²) < 4.78 is 5.73. The second kappa shape index (κ2) is 5.87. The van der Waals surface area contributed by atoms with Gasteiger partial charge in [0.2, 0.25) is 0 Å². The van der Waals surface area contributed by atoms with E-state index in [1.54, 1.807) is 12.5 Å². The van der Waals surface area contributed by atoms with E-state index >= 15 is 0 Å². The highest BCUT2D eigenvalue weighted by Gasteiger charge is 2.20. The summed E-state index contributed by atoms with van der Waals surface area (Å²) in [6, 6.07) is 6.40. The Morgan fingerprint density at radius 2 is 2.22 bits per heavy atom. The summed E-state index contributed by atoms with van der Waals surface area (Å²) in [7, 11) is 0. The van der Waals surface area contributed by atoms with Crippen molar-refractivity contribution in [3.8, 4) is 5.75 Å². The fourth-order valence-corrected chi connectivity index (χ4v) is 3.02. The molecule has 23 heavy (non-hydrogen) atoms. The van der Waals surface area contributed by atoms with Gasteiger partial charge in [0.15, 0.2) is 5.65 Å². The number of H-pyrrole nitrogens is 1. The van der Waals surface area contributed by atoms with Crippen LogP contribution in [0.5, 0.6) is 5.75 Å². The second-order valence-electron chi connectivity index (χ2n) is 5.78. The van der Waals surface area contributed by atoms with Gasteiger partial charge in [0.05, 0.1) is 18.2 Å². The molecule has 4 rings (SSSR count). The van der Waals surface area contributed by atoms with Crippen LogP contribution in [0.1, 0.15) is 24.5 Å². The number of hydrogen-bond acceptors (Lipinski definition) is 5. The Labute approximate surface area is 134 Å². The highest BCUT2D eigenvalue weighted by atomic mass is 16.5. The summed E-state index contributed by atoms with van der Waals surface area (Å²) in [5, 5.41) is 7.94. The Balaban J connectivity index is 1.60. The summed E-state index contributed by atoms with van der Waals surface area (Å²) >= 11 is 0. The van der Waals surface area contributed by atoms with E-state index in [9.17, 15) is 0 Å². The van der Waals surface area contributed by atoms with Crippen molar-refractivity contribution in [2.24, 2.45) is 0 Å². The van der Waals surface area contributed by atoms with Gasteiger partial charge >= 0.3 is 0 Å². The molecule has 0 saturated heterocycles. The summed E-state index contributed by atoms with van der Waals surface area (Å²) in [6.07, 6.45) is 5.40. The van der Waals surface area contributed by atoms with Crippen molar-refractivity contribution in [2.75, 3.05) is 18.1 Å². The summed E-state index contributed by atoms with van der Waals surface area (Å²) in [5.41, 5.74) is 3.48. The highest BCUT2D eigenvalue weighted by Crippen LogP contribution is 2.29. The molecule has 0 unspecified atom stereocenters. The lowest BCUT2D eigenvalue weighted by molar-refractivity contribution is 0.317. The van der Waals surface area contributed by atoms with Gasteiger partial charge in [-0.3, -0.25) is 5.10 Å². The van der Waals surface area contributed by atoms with Crippen LogP contribution in [-0.2, 0) is 13.0 Å². The van der Waals surface area contributed by atoms with E-state index in [1.165, 1.54) is 11.1 Å². The maximum atomic E-state index is 5.73. The maximum absolute atomic E-state index is 5.73. The smallest absolute Gasteiger partial charge is 0.160 e. The maximum Gasteiger partial charge on any atom is 0.160 e. The number of ether oxygens (including phenoxy) is 1. The molecule has 6 nitrogen and oxygen atoms in total. The molecule has 6 heteroatoms. The standard InChI is InChI=1S/C17H19N5O/c1-2-7-23-14-4-3-13-10-22(6-5-12(13)8-14)17-15-9-20-21-16(15)18-11-19-17/h3-4,8-9,11H,2,5-7,10H2,1H3,(H,18,19,20,21). The van der Waals surface area contributed by atoms with Crippen molar-refractivity contribution in [3.05, 3.63) is 41.9 Å². The number of hydrogen-bond donors (Lipinski definition) is 1. The largest absolute Gasteiger partial charge is 0.494 e. The molecule has 1 aliphatic heterocycles. The third-order valence-corrected chi connectivity index (χ3v) is 4.19. The van der Waals surface area contributed by atoms with Crippen molar-refractivity contribution < 1.29 is 4.74 Å². The Kier molecular flexibility index (Phi) is 3.57. The van der Waals surface area contributed by atoms with Gasteiger partial charge in [-0.2, -0.15) is 5.10 Å². The quantitative estimate of drug-likeness (QED) is 0.802. The average Bonchev–Trinajstić information content (AvgIpc) is 3.08. The van der Waals surface area contributed by atoms with Gasteiger partial charge in [0, 0.05) is 13.1 Å². The Bertz CT molecular complexity index is 829. The van der Waals surface area contributed by atoms with E-state index in [0.29, 0.717) is 0 Å². The Morgan fingerprint density at radius 3 is 3.13 bits per heavy atom. The molecule has 1 aromatic carbocycles. The van der Waals surface area contributed by atoms with Gasteiger partial charge in [0.1, 0.15) is 17.9 Å². The van der Waals surface area contributed by atoms with Crippen molar-refractivity contribution in [1.29, 1.82) is 0 Å². The highest BCUT2D eigenvalue weighted by molar-refractivity contribution is 5.86. The van der Waals surface area contributed by atoms with E-state index in [-0.39, 0.29) is 0 Å². The molecule has 0 atom stereocenters. The van der Waals surface area contributed by atoms with Crippen molar-refractivity contribution in [2.45, 2.75) is 26.3 Å². The van der Waals surface area contributed by atoms with Gasteiger partial charge in [-0.1, -0.05) is 13.0 Å². The summed E-state index contributed by atoms with van der Waals surface area (Å²) in [4.78, 5) is 11.0. The molecule has 0 spiro atoms. The van der Waals surface area contributed by atoms with Crippen molar-refractivity contribution in [3.63, 3.8) is 0 Å². The number of aromatic nitrogens is 4. The van der Waals surface area contributed by atoms with E-state index in [4.69, 9.17) is 4.74 Å². The van der Waals surface area contributed by atoms with Crippen molar-refractivity contribution in [1.82, 2.24) is 20.2 Å². The minimum absolute atomic E-state index is 0.768. The van der Waals surface area contributed by atoms with Crippen LogP contribution in [0.4, 0.5) is 5.82 Å². The van der Waals surface area contributed by atoms with E-state index in [2.05, 4.69) is 50.2 Å². The molecule has 0 amide bonds. The molecular formula is C17H19N5O. The first kappa shape index (κ1) is 14.0. The molecule has 3 aromatic rings. The third kappa shape index (κ3) is 2.60. The normalized spacial score (nSPS) is 14.0. The van der Waals surface area contributed by atoms with E-state index in [1.807, 2.05) is 0 Å². The Morgan fingerprint density at radius 1 is 1.26 bits per heavy atom. The van der Waals surface area contributed by atoms with E-state index < -0.39 is 0 Å². The van der Waals surface area contributed by atoms with Crippen LogP contribution in [0.3, 0.4) is 0 Å². The minimum Gasteiger partial charge on any atom is -0.494 e. The fraction of sp³-hybridized carbons (Fsp3) is 0.353. The van der Waals surface area contributed by atoms with Gasteiger partial charge in [-0.15, -0.1) is 0 Å². The van der Waals surface area contributed by atoms with Crippen LogP contribution in [0.2, 0.25) is 0 Å². The monoisotopic (exact) mass is 309 g/mol. The molecule has 0 fully saturated rings. The predicted octanol–water partition coefficient (Wildman–Crippen LogP) is 2.70. The lowest BCUT2D eigenvalue weighted by Gasteiger charge is -2.30. The average molecular weight is 309 g/mol. The SMILES string of the molecule is CCCOc1ccc2c(c1)CCN(c1ncnc3[nH]ncc13)C2. The van der Waals surface area contributed by atoms with Crippen LogP contribution in [-0.4, -0.2) is 33.3 Å². The van der Waals surface area contributed by atoms with E-state index in [0.717, 1.165) is 55.1 Å². The molecule has 1 N–H and O–H groups in total. The van der Waals surface area contributed by atoms with Gasteiger partial charge in [-0.25, -0.2) is 9.97 Å². The number of nitrogens with zero attached hydrogens (tertiary/aromatic N) is 4. The molecule has 2 aromatic heterocycles. The van der Waals surface area contributed by atoms with Crippen LogP contribution < -0.4 is 9.64 Å². The second-order valence-corrected chi connectivity index (χ2v) is 5.78. The number of rotatable bonds is 4. The lowest BCUT2D eigenvalue weighted by Crippen LogP contribution is -2.31. The summed E-state index contributed by atoms with van der Waals surface area (Å²) in [5.74, 6) is 1.92. The number of anilines is 1. The molecule has 0 bridgehead atoms. The fourth-order valence-electron chi connectivity index (χ4n) is 3.02. The van der Waals surface area contributed by atoms with Crippen LogP contribution in [0, 0.1) is 0 Å². The number of fused-ring (bicyclic) bond motifs is 2. The van der Waals surface area contributed by atoms with Crippen LogP contribution in [0.25, 0.3) is 11.0 Å². The molecular weight excluding hydrogens is 290 g/mol. The molecule has 1 aliphatic rings. The zero-order valence-electron chi connectivity index (χ0n) is 13.1. The molecule has 118 valence electrons. The van der Waals surface area contributed by atoms with Gasteiger partial charge in [0.25, 0.3) is 0 Å². The minimum atomic E-state index is 0.768. The Hall–Kier alpha value is -2.63. The van der Waals surface area contributed by atoms with Gasteiger partial charge < -0.3 is 9.64 Å². The van der Waals surface area contributed by atoms with Gasteiger partial charge in [-0.05, 0) is 36.1 Å². The first-order chi connectivity index (χ1) is 11.3. The molecule has 3 heterocycles. The topological polar surface area (TPSA) is 66.9 Å². The van der Waals surface area contributed by atoms with Crippen LogP contribution >= 0.6 is 0 Å². The lowest BCUT2D eigenvalue weighted by atomic mass is 9.99. The first-order valence-corrected chi connectivity index (χ1v) is 7.99. The third-order valence-electron chi connectivity index (χ3n) is 4.19. The predicted molar refractivity (Wildman–Crippen MR) is 88.7 cm³/mol. The molecule has 0 saturated carbocycles. The van der Waals surface area contributed by atoms with Crippen LogP contribution in [0.15, 0.2) is 30.7 Å². The zero-order chi connectivity index (χ0) is 15.6.